The van der Waals surface area contributed by atoms with Crippen LogP contribution in [-0.4, -0.2) is 13.4 Å². The van der Waals surface area contributed by atoms with Crippen molar-refractivity contribution in [2.24, 2.45) is 0 Å². The maximum atomic E-state index is 9.67. The number of benzene rings is 1. The lowest BCUT2D eigenvalue weighted by molar-refractivity contribution is 0.445. The lowest BCUT2D eigenvalue weighted by Crippen LogP contribution is -2.14. The molecule has 106 valence electrons. The minimum Gasteiger partial charge on any atom is -0.508 e. The molecule has 0 saturated heterocycles. The van der Waals surface area contributed by atoms with Crippen LogP contribution in [0.4, 0.5) is 0 Å². The predicted molar refractivity (Wildman–Crippen MR) is 85.4 cm³/mol. The molecule has 0 aromatic heterocycles. The molecule has 0 aliphatic heterocycles. The van der Waals surface area contributed by atoms with E-state index in [0.717, 1.165) is 18.4 Å². The lowest BCUT2D eigenvalue weighted by Gasteiger charge is -2.20. The Hall–Kier alpha value is -0.220. The Bertz CT molecular complexity index is 439. The third-order valence-electron chi connectivity index (χ3n) is 4.01. The second-order valence-electron chi connectivity index (χ2n) is 5.51. The van der Waals surface area contributed by atoms with E-state index in [1.54, 1.807) is 12.1 Å². The minimum atomic E-state index is -0.0978. The van der Waals surface area contributed by atoms with Crippen molar-refractivity contribution in [1.82, 2.24) is 0 Å². The molecule has 2 rings (SSSR count). The van der Waals surface area contributed by atoms with E-state index in [2.05, 4.69) is 38.8 Å². The number of unbranched alkanes of at least 4 members (excludes halogenated alkanes) is 3. The highest BCUT2D eigenvalue weighted by Gasteiger charge is 2.65. The second kappa shape index (κ2) is 5.65. The molecule has 1 aliphatic rings. The van der Waals surface area contributed by atoms with Gasteiger partial charge >= 0.3 is 0 Å². The Kier molecular flexibility index (Phi) is 4.51. The summed E-state index contributed by atoms with van der Waals surface area (Å²) in [6, 6.07) is 4.91. The largest absolute Gasteiger partial charge is 0.508 e. The van der Waals surface area contributed by atoms with Crippen molar-refractivity contribution in [2.45, 2.75) is 54.1 Å². The van der Waals surface area contributed by atoms with Gasteiger partial charge in [0.15, 0.2) is 0 Å². The summed E-state index contributed by atoms with van der Waals surface area (Å²) in [5, 5.41) is 19.3. The highest BCUT2D eigenvalue weighted by atomic mass is 79.9. The maximum absolute atomic E-state index is 9.67. The number of aromatic hydroxyl groups is 2. The standard InChI is InChI=1S/C15H20Br2O2/c1-2-3-4-5-6-14(10-15(14,16)17)11-7-12(18)9-13(19)8-11/h7-9,18-19H,2-6,10H2,1H3. The smallest absolute Gasteiger partial charge is 0.119 e. The van der Waals surface area contributed by atoms with Crippen molar-refractivity contribution in [3.05, 3.63) is 23.8 Å². The predicted octanol–water partition coefficient (Wildman–Crippen LogP) is 5.20. The normalized spacial score (nSPS) is 24.4. The van der Waals surface area contributed by atoms with Gasteiger partial charge in [0.2, 0.25) is 0 Å². The fraction of sp³-hybridized carbons (Fsp3) is 0.600. The van der Waals surface area contributed by atoms with E-state index in [0.29, 0.717) is 0 Å². The molecular formula is C15H20Br2O2. The van der Waals surface area contributed by atoms with E-state index in [4.69, 9.17) is 0 Å². The Labute approximate surface area is 131 Å². The van der Waals surface area contributed by atoms with Crippen LogP contribution >= 0.6 is 31.9 Å². The SMILES string of the molecule is CCCCCCC1(c2cc(O)cc(O)c2)CC1(Br)Br. The molecule has 4 heteroatoms. The number of phenols is 2. The van der Waals surface area contributed by atoms with Crippen molar-refractivity contribution >= 4 is 31.9 Å². The van der Waals surface area contributed by atoms with Crippen molar-refractivity contribution in [3.63, 3.8) is 0 Å². The average Bonchev–Trinajstić information content (AvgIpc) is 2.87. The van der Waals surface area contributed by atoms with Gasteiger partial charge in [-0.15, -0.1) is 0 Å². The van der Waals surface area contributed by atoms with Crippen LogP contribution in [0, 0.1) is 0 Å². The molecule has 1 fully saturated rings. The molecular weight excluding hydrogens is 372 g/mol. The summed E-state index contributed by atoms with van der Waals surface area (Å²) in [5.41, 5.74) is 0.993. The summed E-state index contributed by atoms with van der Waals surface area (Å²) in [4.78, 5) is 0. The first-order valence-corrected chi connectivity index (χ1v) is 8.41. The van der Waals surface area contributed by atoms with Gasteiger partial charge in [-0.05, 0) is 30.5 Å². The number of hydrogen-bond donors (Lipinski definition) is 2. The van der Waals surface area contributed by atoms with Gasteiger partial charge in [-0.25, -0.2) is 0 Å². The average molecular weight is 392 g/mol. The van der Waals surface area contributed by atoms with Gasteiger partial charge in [0, 0.05) is 11.5 Å². The fourth-order valence-electron chi connectivity index (χ4n) is 2.79. The third-order valence-corrected chi connectivity index (χ3v) is 6.09. The van der Waals surface area contributed by atoms with E-state index in [1.165, 1.54) is 31.7 Å². The Morgan fingerprint density at radius 3 is 2.11 bits per heavy atom. The maximum Gasteiger partial charge on any atom is 0.119 e. The van der Waals surface area contributed by atoms with Crippen LogP contribution in [0.1, 0.15) is 51.0 Å². The molecule has 19 heavy (non-hydrogen) atoms. The summed E-state index contributed by atoms with van der Waals surface area (Å²) in [5.74, 6) is 0.260. The number of hydrogen-bond acceptors (Lipinski definition) is 2. The molecule has 0 spiro atoms. The van der Waals surface area contributed by atoms with E-state index in [-0.39, 0.29) is 20.1 Å². The zero-order chi connectivity index (χ0) is 14.1. The molecule has 1 aromatic carbocycles. The quantitative estimate of drug-likeness (QED) is 0.517. The molecule has 1 aromatic rings. The van der Waals surface area contributed by atoms with Crippen molar-refractivity contribution in [3.8, 4) is 11.5 Å². The molecule has 1 aliphatic carbocycles. The first kappa shape index (κ1) is 15.2. The van der Waals surface area contributed by atoms with Crippen LogP contribution in [0.3, 0.4) is 0 Å². The molecule has 0 heterocycles. The molecule has 2 N–H and O–H groups in total. The van der Waals surface area contributed by atoms with Gasteiger partial charge in [-0.3, -0.25) is 0 Å². The summed E-state index contributed by atoms with van der Waals surface area (Å²) < 4.78 is -0.0978. The number of halogens is 2. The highest BCUT2D eigenvalue weighted by molar-refractivity contribution is 9.25. The Morgan fingerprint density at radius 2 is 1.63 bits per heavy atom. The van der Waals surface area contributed by atoms with Crippen molar-refractivity contribution in [2.75, 3.05) is 0 Å². The highest BCUT2D eigenvalue weighted by Crippen LogP contribution is 2.69. The van der Waals surface area contributed by atoms with Crippen LogP contribution in [0.2, 0.25) is 0 Å². The minimum absolute atomic E-state index is 0.0169. The van der Waals surface area contributed by atoms with Crippen molar-refractivity contribution in [1.29, 1.82) is 0 Å². The van der Waals surface area contributed by atoms with Crippen LogP contribution in [0.25, 0.3) is 0 Å². The number of alkyl halides is 2. The zero-order valence-corrected chi connectivity index (χ0v) is 14.3. The first-order valence-electron chi connectivity index (χ1n) is 6.82. The molecule has 1 saturated carbocycles. The summed E-state index contributed by atoms with van der Waals surface area (Å²) >= 11 is 7.44. The molecule has 0 bridgehead atoms. The van der Waals surface area contributed by atoms with Gasteiger partial charge in [-0.1, -0.05) is 64.5 Å². The molecule has 1 atom stereocenters. The number of phenolic OH excluding ortho intramolecular Hbond substituents is 2. The zero-order valence-electron chi connectivity index (χ0n) is 11.1. The van der Waals surface area contributed by atoms with E-state index >= 15 is 0 Å². The Balaban J connectivity index is 2.16. The second-order valence-corrected chi connectivity index (χ2v) is 9.28. The third kappa shape index (κ3) is 3.10. The van der Waals surface area contributed by atoms with Gasteiger partial charge in [0.25, 0.3) is 0 Å². The molecule has 0 radical (unpaired) electrons. The van der Waals surface area contributed by atoms with Crippen LogP contribution < -0.4 is 0 Å². The summed E-state index contributed by atoms with van der Waals surface area (Å²) in [6.07, 6.45) is 6.94. The van der Waals surface area contributed by atoms with Gasteiger partial charge in [0.1, 0.15) is 11.5 Å². The first-order chi connectivity index (χ1) is 8.91. The fourth-order valence-corrected chi connectivity index (χ4v) is 4.60. The molecule has 0 amide bonds. The number of rotatable bonds is 6. The Morgan fingerprint density at radius 1 is 1.05 bits per heavy atom. The van der Waals surface area contributed by atoms with Crippen molar-refractivity contribution < 1.29 is 10.2 Å². The van der Waals surface area contributed by atoms with Gasteiger partial charge < -0.3 is 10.2 Å². The molecule has 1 unspecified atom stereocenters. The van der Waals surface area contributed by atoms with Gasteiger partial charge in [-0.2, -0.15) is 0 Å². The van der Waals surface area contributed by atoms with E-state index in [9.17, 15) is 10.2 Å². The van der Waals surface area contributed by atoms with Crippen LogP contribution in [0.15, 0.2) is 18.2 Å². The summed E-state index contributed by atoms with van der Waals surface area (Å²) in [7, 11) is 0. The van der Waals surface area contributed by atoms with E-state index in [1.807, 2.05) is 0 Å². The van der Waals surface area contributed by atoms with E-state index < -0.39 is 0 Å². The van der Waals surface area contributed by atoms with Gasteiger partial charge in [0.05, 0.1) is 3.23 Å². The van der Waals surface area contributed by atoms with Crippen LogP contribution in [-0.2, 0) is 5.41 Å². The monoisotopic (exact) mass is 390 g/mol. The van der Waals surface area contributed by atoms with Crippen LogP contribution in [0.5, 0.6) is 11.5 Å². The summed E-state index contributed by atoms with van der Waals surface area (Å²) in [6.45, 7) is 2.21. The lowest BCUT2D eigenvalue weighted by atomic mass is 9.89. The topological polar surface area (TPSA) is 40.5 Å². The molecule has 2 nitrogen and oxygen atoms in total.